The Hall–Kier alpha value is -0.770. The average molecular weight is 284 g/mol. The molecule has 1 rings (SSSR count). The van der Waals surface area contributed by atoms with E-state index in [-0.39, 0.29) is 12.1 Å². The third-order valence-corrected chi connectivity index (χ3v) is 3.89. The number of nitrogens with one attached hydrogen (secondary N) is 2. The van der Waals surface area contributed by atoms with Crippen LogP contribution < -0.4 is 10.6 Å². The number of amides is 1. The van der Waals surface area contributed by atoms with Gasteiger partial charge < -0.3 is 15.4 Å². The fraction of sp³-hybridized carbons (Fsp3) is 0.938. The second-order valence-electron chi connectivity index (χ2n) is 7.41. The maximum atomic E-state index is 11.8. The topological polar surface area (TPSA) is 50.4 Å². The average Bonchev–Trinajstić information content (AvgIpc) is 2.26. The first-order valence-electron chi connectivity index (χ1n) is 7.93. The summed E-state index contributed by atoms with van der Waals surface area (Å²) in [6.45, 7) is 12.4. The second kappa shape index (κ2) is 7.30. The molecule has 0 aromatic rings. The largest absolute Gasteiger partial charge is 0.444 e. The van der Waals surface area contributed by atoms with Gasteiger partial charge in [-0.1, -0.05) is 13.8 Å². The summed E-state index contributed by atoms with van der Waals surface area (Å²) in [5.41, 5.74) is -0.428. The summed E-state index contributed by atoms with van der Waals surface area (Å²) in [4.78, 5) is 11.8. The van der Waals surface area contributed by atoms with E-state index in [4.69, 9.17) is 4.74 Å². The normalized spacial score (nSPS) is 25.4. The Morgan fingerprint density at radius 1 is 1.15 bits per heavy atom. The monoisotopic (exact) mass is 284 g/mol. The molecule has 0 aromatic carbocycles. The van der Waals surface area contributed by atoms with Gasteiger partial charge in [0, 0.05) is 18.1 Å². The van der Waals surface area contributed by atoms with Crippen molar-refractivity contribution in [3.63, 3.8) is 0 Å². The molecule has 20 heavy (non-hydrogen) atoms. The summed E-state index contributed by atoms with van der Waals surface area (Å²) >= 11 is 0. The number of ether oxygens (including phenoxy) is 1. The molecule has 0 aliphatic heterocycles. The van der Waals surface area contributed by atoms with Crippen LogP contribution in [-0.4, -0.2) is 29.8 Å². The Bertz CT molecular complexity index is 310. The molecule has 1 saturated carbocycles. The molecule has 1 aliphatic carbocycles. The number of carbonyl (C=O) groups is 1. The van der Waals surface area contributed by atoms with E-state index in [2.05, 4.69) is 31.4 Å². The Morgan fingerprint density at radius 3 is 2.30 bits per heavy atom. The van der Waals surface area contributed by atoms with Crippen molar-refractivity contribution in [1.29, 1.82) is 0 Å². The zero-order chi connectivity index (χ0) is 15.3. The molecule has 3 atom stereocenters. The number of rotatable bonds is 4. The third-order valence-electron chi connectivity index (χ3n) is 3.89. The van der Waals surface area contributed by atoms with Crippen molar-refractivity contribution in [1.82, 2.24) is 10.6 Å². The standard InChI is InChI=1S/C16H32N2O2/c1-11(2)12(3)17-13-8-7-9-14(10-13)18-15(19)20-16(4,5)6/h11-14,17H,7-10H2,1-6H3,(H,18,19). The van der Waals surface area contributed by atoms with E-state index in [0.29, 0.717) is 18.0 Å². The molecule has 3 unspecified atom stereocenters. The molecule has 0 bridgehead atoms. The van der Waals surface area contributed by atoms with E-state index in [9.17, 15) is 4.79 Å². The molecule has 0 saturated heterocycles. The van der Waals surface area contributed by atoms with Crippen molar-refractivity contribution in [2.75, 3.05) is 0 Å². The van der Waals surface area contributed by atoms with Crippen LogP contribution in [0.1, 0.15) is 67.2 Å². The lowest BCUT2D eigenvalue weighted by atomic mass is 9.90. The molecule has 0 radical (unpaired) electrons. The molecule has 0 heterocycles. The van der Waals surface area contributed by atoms with Gasteiger partial charge in [0.25, 0.3) is 0 Å². The van der Waals surface area contributed by atoms with Gasteiger partial charge in [-0.15, -0.1) is 0 Å². The molecule has 4 heteroatoms. The highest BCUT2D eigenvalue weighted by molar-refractivity contribution is 5.68. The third kappa shape index (κ3) is 6.60. The molecule has 0 aromatic heterocycles. The van der Waals surface area contributed by atoms with Gasteiger partial charge in [-0.25, -0.2) is 4.79 Å². The molecule has 1 aliphatic rings. The minimum Gasteiger partial charge on any atom is -0.444 e. The van der Waals surface area contributed by atoms with Gasteiger partial charge in [0.2, 0.25) is 0 Å². The van der Waals surface area contributed by atoms with E-state index >= 15 is 0 Å². The quantitative estimate of drug-likeness (QED) is 0.831. The summed E-state index contributed by atoms with van der Waals surface area (Å²) < 4.78 is 5.32. The van der Waals surface area contributed by atoms with Gasteiger partial charge in [0.05, 0.1) is 0 Å². The first kappa shape index (κ1) is 17.3. The Labute approximate surface area is 124 Å². The fourth-order valence-corrected chi connectivity index (χ4v) is 2.51. The van der Waals surface area contributed by atoms with Crippen molar-refractivity contribution in [3.05, 3.63) is 0 Å². The van der Waals surface area contributed by atoms with Gasteiger partial charge in [-0.3, -0.25) is 0 Å². The van der Waals surface area contributed by atoms with Gasteiger partial charge in [-0.2, -0.15) is 0 Å². The minimum absolute atomic E-state index is 0.232. The van der Waals surface area contributed by atoms with Crippen LogP contribution in [0.2, 0.25) is 0 Å². The van der Waals surface area contributed by atoms with Gasteiger partial charge in [0.1, 0.15) is 5.60 Å². The number of hydrogen-bond acceptors (Lipinski definition) is 3. The van der Waals surface area contributed by atoms with Crippen LogP contribution in [-0.2, 0) is 4.74 Å². The van der Waals surface area contributed by atoms with Gasteiger partial charge in [0.15, 0.2) is 0 Å². The number of carbonyl (C=O) groups excluding carboxylic acids is 1. The van der Waals surface area contributed by atoms with E-state index in [1.165, 1.54) is 6.42 Å². The maximum Gasteiger partial charge on any atom is 0.407 e. The van der Waals surface area contributed by atoms with Crippen molar-refractivity contribution in [2.45, 2.75) is 91.0 Å². The zero-order valence-corrected chi connectivity index (χ0v) is 14.0. The van der Waals surface area contributed by atoms with Crippen molar-refractivity contribution < 1.29 is 9.53 Å². The molecule has 1 amide bonds. The van der Waals surface area contributed by atoms with E-state index in [1.54, 1.807) is 0 Å². The lowest BCUT2D eigenvalue weighted by molar-refractivity contribution is 0.0487. The Balaban J connectivity index is 2.39. The Morgan fingerprint density at radius 2 is 1.75 bits per heavy atom. The SMILES string of the molecule is CC(C)C(C)NC1CCCC(NC(=O)OC(C)(C)C)C1. The first-order chi connectivity index (χ1) is 9.17. The smallest absolute Gasteiger partial charge is 0.407 e. The van der Waals surface area contributed by atoms with Crippen LogP contribution in [0.3, 0.4) is 0 Å². The van der Waals surface area contributed by atoms with Crippen molar-refractivity contribution in [3.8, 4) is 0 Å². The summed E-state index contributed by atoms with van der Waals surface area (Å²) in [5, 5.41) is 6.68. The lowest BCUT2D eigenvalue weighted by Gasteiger charge is -2.33. The van der Waals surface area contributed by atoms with E-state index in [0.717, 1.165) is 19.3 Å². The van der Waals surface area contributed by atoms with Crippen LogP contribution in [0.15, 0.2) is 0 Å². The highest BCUT2D eigenvalue weighted by atomic mass is 16.6. The molecule has 0 spiro atoms. The summed E-state index contributed by atoms with van der Waals surface area (Å²) in [6, 6.07) is 1.25. The van der Waals surface area contributed by atoms with Gasteiger partial charge >= 0.3 is 6.09 Å². The lowest BCUT2D eigenvalue weighted by Crippen LogP contribution is -2.48. The van der Waals surface area contributed by atoms with Crippen LogP contribution in [0.4, 0.5) is 4.79 Å². The summed E-state index contributed by atoms with van der Waals surface area (Å²) in [7, 11) is 0. The van der Waals surface area contributed by atoms with E-state index in [1.807, 2.05) is 20.8 Å². The molecule has 2 N–H and O–H groups in total. The molecule has 118 valence electrons. The number of alkyl carbamates (subject to hydrolysis) is 1. The van der Waals surface area contributed by atoms with Crippen LogP contribution >= 0.6 is 0 Å². The highest BCUT2D eigenvalue weighted by Crippen LogP contribution is 2.20. The predicted octanol–water partition coefficient (Wildman–Crippen LogP) is 3.46. The van der Waals surface area contributed by atoms with Crippen LogP contribution in [0.5, 0.6) is 0 Å². The maximum absolute atomic E-state index is 11.8. The van der Waals surface area contributed by atoms with Crippen molar-refractivity contribution in [2.24, 2.45) is 5.92 Å². The van der Waals surface area contributed by atoms with Crippen molar-refractivity contribution >= 4 is 6.09 Å². The molecular weight excluding hydrogens is 252 g/mol. The highest BCUT2D eigenvalue weighted by Gasteiger charge is 2.26. The zero-order valence-electron chi connectivity index (χ0n) is 14.0. The minimum atomic E-state index is -0.428. The predicted molar refractivity (Wildman–Crippen MR) is 82.8 cm³/mol. The molecular formula is C16H32N2O2. The fourth-order valence-electron chi connectivity index (χ4n) is 2.51. The van der Waals surface area contributed by atoms with Crippen LogP contribution in [0, 0.1) is 5.92 Å². The van der Waals surface area contributed by atoms with Gasteiger partial charge in [-0.05, 0) is 59.3 Å². The number of hydrogen-bond donors (Lipinski definition) is 2. The molecule has 1 fully saturated rings. The second-order valence-corrected chi connectivity index (χ2v) is 7.41. The first-order valence-corrected chi connectivity index (χ1v) is 7.93. The summed E-state index contributed by atoms with van der Waals surface area (Å²) in [5.74, 6) is 0.634. The molecule has 4 nitrogen and oxygen atoms in total. The van der Waals surface area contributed by atoms with E-state index < -0.39 is 5.60 Å². The van der Waals surface area contributed by atoms with Crippen LogP contribution in [0.25, 0.3) is 0 Å². The summed E-state index contributed by atoms with van der Waals surface area (Å²) in [6.07, 6.45) is 4.11. The Kier molecular flexibility index (Phi) is 6.31.